The number of nitrogens with one attached hydrogen (secondary N) is 1. The number of aromatic nitrogens is 1. The lowest BCUT2D eigenvalue weighted by Crippen LogP contribution is -2.18. The number of carbonyl (C=O) groups excluding carboxylic acids is 1. The predicted molar refractivity (Wildman–Crippen MR) is 145 cm³/mol. The van der Waals surface area contributed by atoms with Crippen LogP contribution in [-0.2, 0) is 0 Å². The van der Waals surface area contributed by atoms with Gasteiger partial charge in [-0.1, -0.05) is 65.7 Å². The number of hydrazone groups is 2. The lowest BCUT2D eigenvalue weighted by Gasteiger charge is -2.24. The van der Waals surface area contributed by atoms with E-state index in [1.807, 2.05) is 36.4 Å². The summed E-state index contributed by atoms with van der Waals surface area (Å²) >= 11 is 6.14. The standard InChI is InChI=1S/C29H24ClN5O/c1-20-2-6-22(7-3-20)27-18-28(23-8-10-25(30)11-9-23)35(34-27)26-12-4-21(5-13-26)19-32-33-29(36)24-14-16-31-17-15-24/h2-17,19,28H,18H2,1H3,(H,33,36)/b32-19-/t28-/m1/s1. The Morgan fingerprint density at radius 2 is 1.67 bits per heavy atom. The lowest BCUT2D eigenvalue weighted by atomic mass is 9.98. The molecule has 0 aliphatic carbocycles. The van der Waals surface area contributed by atoms with Gasteiger partial charge in [-0.25, -0.2) is 5.43 Å². The summed E-state index contributed by atoms with van der Waals surface area (Å²) in [5, 5.41) is 11.9. The molecule has 3 aromatic carbocycles. The van der Waals surface area contributed by atoms with E-state index >= 15 is 0 Å². The zero-order valence-electron chi connectivity index (χ0n) is 19.7. The first-order chi connectivity index (χ1) is 17.6. The van der Waals surface area contributed by atoms with Crippen molar-refractivity contribution in [1.29, 1.82) is 0 Å². The Hall–Kier alpha value is -4.29. The summed E-state index contributed by atoms with van der Waals surface area (Å²) in [6, 6.07) is 27.7. The number of nitrogens with zero attached hydrogens (tertiary/aromatic N) is 4. The topological polar surface area (TPSA) is 70.0 Å². The van der Waals surface area contributed by atoms with Crippen LogP contribution in [0.25, 0.3) is 0 Å². The first kappa shape index (κ1) is 23.5. The Bertz CT molecular complexity index is 1400. The van der Waals surface area contributed by atoms with Crippen LogP contribution in [0.5, 0.6) is 0 Å². The molecule has 4 aromatic rings. The number of carbonyl (C=O) groups is 1. The van der Waals surface area contributed by atoms with E-state index in [4.69, 9.17) is 16.7 Å². The zero-order chi connectivity index (χ0) is 24.9. The van der Waals surface area contributed by atoms with Crippen LogP contribution < -0.4 is 10.4 Å². The van der Waals surface area contributed by atoms with Crippen molar-refractivity contribution in [2.24, 2.45) is 10.2 Å². The molecule has 1 amide bonds. The van der Waals surface area contributed by atoms with Gasteiger partial charge < -0.3 is 0 Å². The molecule has 178 valence electrons. The van der Waals surface area contributed by atoms with E-state index in [0.29, 0.717) is 10.6 Å². The maximum Gasteiger partial charge on any atom is 0.271 e. The molecule has 1 aliphatic rings. The maximum absolute atomic E-state index is 12.1. The van der Waals surface area contributed by atoms with Crippen LogP contribution in [0.15, 0.2) is 108 Å². The normalized spacial score (nSPS) is 15.2. The van der Waals surface area contributed by atoms with E-state index < -0.39 is 0 Å². The second kappa shape index (κ2) is 10.5. The molecule has 0 fully saturated rings. The van der Waals surface area contributed by atoms with Crippen molar-refractivity contribution in [1.82, 2.24) is 10.4 Å². The molecule has 1 aromatic heterocycles. The van der Waals surface area contributed by atoms with E-state index in [9.17, 15) is 4.79 Å². The number of hydrogen-bond donors (Lipinski definition) is 1. The molecule has 36 heavy (non-hydrogen) atoms. The Kier molecular flexibility index (Phi) is 6.87. The van der Waals surface area contributed by atoms with E-state index in [2.05, 4.69) is 63.8 Å². The SMILES string of the molecule is Cc1ccc(C2=NN(c3ccc(/C=N\NC(=O)c4ccncc4)cc3)[C@@H](c3ccc(Cl)cc3)C2)cc1. The van der Waals surface area contributed by atoms with Gasteiger partial charge in [-0.15, -0.1) is 0 Å². The highest BCUT2D eigenvalue weighted by atomic mass is 35.5. The molecule has 0 saturated carbocycles. The van der Waals surface area contributed by atoms with Gasteiger partial charge in [0.1, 0.15) is 0 Å². The van der Waals surface area contributed by atoms with Gasteiger partial charge in [0.25, 0.3) is 5.91 Å². The highest BCUT2D eigenvalue weighted by Gasteiger charge is 2.29. The van der Waals surface area contributed by atoms with Crippen LogP contribution in [-0.4, -0.2) is 22.8 Å². The quantitative estimate of drug-likeness (QED) is 0.258. The number of anilines is 1. The van der Waals surface area contributed by atoms with Crippen LogP contribution >= 0.6 is 11.6 Å². The van der Waals surface area contributed by atoms with E-state index in [-0.39, 0.29) is 11.9 Å². The maximum atomic E-state index is 12.1. The molecule has 5 rings (SSSR count). The first-order valence-electron chi connectivity index (χ1n) is 11.6. The van der Waals surface area contributed by atoms with Gasteiger partial charge in [0.15, 0.2) is 0 Å². The minimum Gasteiger partial charge on any atom is -0.267 e. The summed E-state index contributed by atoms with van der Waals surface area (Å²) in [6.07, 6.45) is 5.54. The fraction of sp³-hybridized carbons (Fsp3) is 0.103. The number of rotatable bonds is 6. The molecule has 0 bridgehead atoms. The molecule has 0 unspecified atom stereocenters. The monoisotopic (exact) mass is 493 g/mol. The van der Waals surface area contributed by atoms with Crippen LogP contribution in [0.4, 0.5) is 5.69 Å². The first-order valence-corrected chi connectivity index (χ1v) is 12.0. The summed E-state index contributed by atoms with van der Waals surface area (Å²) in [5.74, 6) is -0.286. The summed E-state index contributed by atoms with van der Waals surface area (Å²) < 4.78 is 0. The zero-order valence-corrected chi connectivity index (χ0v) is 20.4. The minimum atomic E-state index is -0.286. The number of hydrogen-bond acceptors (Lipinski definition) is 5. The molecular formula is C29H24ClN5O. The third-order valence-electron chi connectivity index (χ3n) is 6.03. The van der Waals surface area contributed by atoms with Crippen molar-refractivity contribution in [3.8, 4) is 0 Å². The van der Waals surface area contributed by atoms with Gasteiger partial charge in [0, 0.05) is 29.4 Å². The predicted octanol–water partition coefficient (Wildman–Crippen LogP) is 6.16. The average Bonchev–Trinajstić information content (AvgIpc) is 3.36. The van der Waals surface area contributed by atoms with Crippen molar-refractivity contribution >= 4 is 35.1 Å². The van der Waals surface area contributed by atoms with Crippen molar-refractivity contribution in [2.75, 3.05) is 5.01 Å². The minimum absolute atomic E-state index is 0.0535. The fourth-order valence-corrected chi connectivity index (χ4v) is 4.19. The Balaban J connectivity index is 1.36. The van der Waals surface area contributed by atoms with Crippen molar-refractivity contribution in [3.63, 3.8) is 0 Å². The van der Waals surface area contributed by atoms with Gasteiger partial charge in [-0.2, -0.15) is 10.2 Å². The van der Waals surface area contributed by atoms with E-state index in [1.165, 1.54) is 5.56 Å². The molecule has 0 spiro atoms. The van der Waals surface area contributed by atoms with Crippen LogP contribution in [0, 0.1) is 6.92 Å². The summed E-state index contributed by atoms with van der Waals surface area (Å²) in [6.45, 7) is 2.08. The van der Waals surface area contributed by atoms with Crippen LogP contribution in [0.2, 0.25) is 5.02 Å². The Labute approximate surface area is 215 Å². The van der Waals surface area contributed by atoms with Crippen LogP contribution in [0.1, 0.15) is 45.1 Å². The molecular weight excluding hydrogens is 470 g/mol. The summed E-state index contributed by atoms with van der Waals surface area (Å²) in [5.41, 5.74) is 9.40. The smallest absolute Gasteiger partial charge is 0.267 e. The second-order valence-corrected chi connectivity index (χ2v) is 8.99. The number of halogens is 1. The fourth-order valence-electron chi connectivity index (χ4n) is 4.06. The van der Waals surface area contributed by atoms with E-state index in [0.717, 1.165) is 34.5 Å². The van der Waals surface area contributed by atoms with Gasteiger partial charge in [-0.3, -0.25) is 14.8 Å². The number of benzene rings is 3. The van der Waals surface area contributed by atoms with Gasteiger partial charge in [0.05, 0.1) is 23.7 Å². The van der Waals surface area contributed by atoms with E-state index in [1.54, 1.807) is 30.7 Å². The Morgan fingerprint density at radius 1 is 0.972 bits per heavy atom. The molecule has 7 heteroatoms. The van der Waals surface area contributed by atoms with Crippen LogP contribution in [0.3, 0.4) is 0 Å². The molecule has 0 radical (unpaired) electrons. The highest BCUT2D eigenvalue weighted by Crippen LogP contribution is 2.37. The number of aryl methyl sites for hydroxylation is 1. The van der Waals surface area contributed by atoms with Crippen molar-refractivity contribution in [3.05, 3.63) is 130 Å². The molecule has 1 atom stereocenters. The molecule has 1 aliphatic heterocycles. The summed E-state index contributed by atoms with van der Waals surface area (Å²) in [4.78, 5) is 16.1. The molecule has 2 heterocycles. The third-order valence-corrected chi connectivity index (χ3v) is 6.28. The second-order valence-electron chi connectivity index (χ2n) is 8.56. The molecule has 6 nitrogen and oxygen atoms in total. The molecule has 0 saturated heterocycles. The number of amides is 1. The largest absolute Gasteiger partial charge is 0.271 e. The van der Waals surface area contributed by atoms with Gasteiger partial charge in [0.2, 0.25) is 0 Å². The highest BCUT2D eigenvalue weighted by molar-refractivity contribution is 6.30. The summed E-state index contributed by atoms with van der Waals surface area (Å²) in [7, 11) is 0. The van der Waals surface area contributed by atoms with Crippen molar-refractivity contribution in [2.45, 2.75) is 19.4 Å². The Morgan fingerprint density at radius 3 is 2.36 bits per heavy atom. The van der Waals surface area contributed by atoms with Gasteiger partial charge >= 0.3 is 0 Å². The average molecular weight is 494 g/mol. The lowest BCUT2D eigenvalue weighted by molar-refractivity contribution is 0.0955. The van der Waals surface area contributed by atoms with Crippen molar-refractivity contribution < 1.29 is 4.79 Å². The third kappa shape index (κ3) is 5.34. The van der Waals surface area contributed by atoms with Gasteiger partial charge in [-0.05, 0) is 60.0 Å². The molecule has 1 N–H and O–H groups in total. The number of pyridine rings is 1.